The van der Waals surface area contributed by atoms with Crippen LogP contribution in [-0.2, 0) is 14.8 Å². The second-order valence-electron chi connectivity index (χ2n) is 4.42. The average Bonchev–Trinajstić information content (AvgIpc) is 2.53. The van der Waals surface area contributed by atoms with E-state index in [1.54, 1.807) is 0 Å². The van der Waals surface area contributed by atoms with Gasteiger partial charge >= 0.3 is 15.0 Å². The van der Waals surface area contributed by atoms with E-state index in [1.165, 1.54) is 18.2 Å². The maximum Gasteiger partial charge on any atom is 0.323 e. The zero-order valence-corrected chi connectivity index (χ0v) is 11.0. The lowest BCUT2D eigenvalue weighted by Crippen LogP contribution is -2.44. The normalized spacial score (nSPS) is 22.2. The van der Waals surface area contributed by atoms with E-state index in [2.05, 4.69) is 0 Å². The summed E-state index contributed by atoms with van der Waals surface area (Å²) < 4.78 is 26.0. The molecule has 2 heterocycles. The Morgan fingerprint density at radius 3 is 2.84 bits per heavy atom. The molecule has 8 heteroatoms. The number of nitrogens with two attached hydrogens (primary N) is 1. The third-order valence-corrected chi connectivity index (χ3v) is 4.90. The molecule has 0 spiro atoms. The Labute approximate surface area is 111 Å². The molecule has 1 saturated heterocycles. The van der Waals surface area contributed by atoms with Crippen molar-refractivity contribution in [1.82, 2.24) is 4.31 Å². The quantitative estimate of drug-likeness (QED) is 0.554. The summed E-state index contributed by atoms with van der Waals surface area (Å²) in [5.74, 6) is -0.325. The Balaban J connectivity index is 2.35. The molecule has 1 aliphatic heterocycles. The lowest BCUT2D eigenvalue weighted by atomic mass is 10.1. The molecule has 1 aromatic heterocycles. The first kappa shape index (κ1) is 13.9. The van der Waals surface area contributed by atoms with Crippen molar-refractivity contribution in [2.75, 3.05) is 13.1 Å². The van der Waals surface area contributed by atoms with Gasteiger partial charge in [-0.3, -0.25) is 4.79 Å². The van der Waals surface area contributed by atoms with Crippen molar-refractivity contribution in [2.24, 2.45) is 5.73 Å². The maximum absolute atomic E-state index is 12.3. The molecular formula is C11H15N3O4S. The van der Waals surface area contributed by atoms with E-state index in [0.29, 0.717) is 12.8 Å². The van der Waals surface area contributed by atoms with Crippen LogP contribution in [0, 0.1) is 5.21 Å². The van der Waals surface area contributed by atoms with Gasteiger partial charge in [-0.05, 0) is 18.9 Å². The largest absolute Gasteiger partial charge is 0.618 e. The second kappa shape index (κ2) is 5.24. The van der Waals surface area contributed by atoms with Gasteiger partial charge in [-0.25, -0.2) is 8.42 Å². The Bertz CT molecular complexity index is 587. The van der Waals surface area contributed by atoms with Gasteiger partial charge in [-0.2, -0.15) is 9.04 Å². The molecule has 0 bridgehead atoms. The topological polar surface area (TPSA) is 107 Å². The summed E-state index contributed by atoms with van der Waals surface area (Å²) in [6, 6.07) is 3.50. The number of ketones is 1. The van der Waals surface area contributed by atoms with Gasteiger partial charge < -0.3 is 10.9 Å². The zero-order chi connectivity index (χ0) is 14.0. The third-order valence-electron chi connectivity index (χ3n) is 3.06. The fourth-order valence-electron chi connectivity index (χ4n) is 1.97. The van der Waals surface area contributed by atoms with Crippen molar-refractivity contribution in [2.45, 2.75) is 23.9 Å². The number of hydrogen-bond acceptors (Lipinski definition) is 5. The molecule has 1 atom stereocenters. The van der Waals surface area contributed by atoms with Crippen LogP contribution in [0.4, 0.5) is 0 Å². The van der Waals surface area contributed by atoms with Crippen LogP contribution in [-0.4, -0.2) is 37.6 Å². The van der Waals surface area contributed by atoms with Crippen LogP contribution in [0.5, 0.6) is 0 Å². The minimum Gasteiger partial charge on any atom is -0.618 e. The van der Waals surface area contributed by atoms with Crippen LogP contribution in [0.25, 0.3) is 0 Å². The average molecular weight is 285 g/mol. The first-order valence-electron chi connectivity index (χ1n) is 5.89. The molecule has 0 aromatic carbocycles. The number of nitrogens with zero attached hydrogens (tertiary/aromatic N) is 2. The number of carbonyl (C=O) groups is 1. The van der Waals surface area contributed by atoms with Crippen LogP contribution >= 0.6 is 0 Å². The summed E-state index contributed by atoms with van der Waals surface area (Å²) >= 11 is 0. The second-order valence-corrected chi connectivity index (χ2v) is 6.30. The van der Waals surface area contributed by atoms with Crippen LogP contribution < -0.4 is 10.5 Å². The van der Waals surface area contributed by atoms with E-state index in [4.69, 9.17) is 5.73 Å². The molecule has 2 rings (SSSR count). The Hall–Kier alpha value is -1.51. The van der Waals surface area contributed by atoms with Gasteiger partial charge in [-0.1, -0.05) is 0 Å². The van der Waals surface area contributed by atoms with Crippen molar-refractivity contribution in [3.05, 3.63) is 29.6 Å². The summed E-state index contributed by atoms with van der Waals surface area (Å²) in [4.78, 5) is 11.7. The fraction of sp³-hybridized carbons (Fsp3) is 0.455. The number of carbonyl (C=O) groups excluding carboxylic acids is 1. The molecule has 1 unspecified atom stereocenters. The van der Waals surface area contributed by atoms with Crippen LogP contribution in [0.1, 0.15) is 12.8 Å². The minimum atomic E-state index is -3.96. The van der Waals surface area contributed by atoms with Gasteiger partial charge in [0.15, 0.2) is 12.0 Å². The lowest BCUT2D eigenvalue weighted by Gasteiger charge is -2.18. The Kier molecular flexibility index (Phi) is 3.83. The molecule has 1 aromatic rings. The van der Waals surface area contributed by atoms with Crippen molar-refractivity contribution in [3.8, 4) is 0 Å². The summed E-state index contributed by atoms with van der Waals surface area (Å²) in [6.45, 7) is -0.0882. The van der Waals surface area contributed by atoms with E-state index in [0.717, 1.165) is 10.5 Å². The SMILES string of the molecule is NC1CCCN(S(=O)(=O)c2cccc[n+]2[O-])CC1=O. The van der Waals surface area contributed by atoms with Crippen molar-refractivity contribution < 1.29 is 17.9 Å². The highest BCUT2D eigenvalue weighted by molar-refractivity contribution is 7.89. The van der Waals surface area contributed by atoms with Crippen molar-refractivity contribution in [3.63, 3.8) is 0 Å². The highest BCUT2D eigenvalue weighted by Gasteiger charge is 2.35. The fourth-order valence-corrected chi connectivity index (χ4v) is 3.44. The number of hydrogen-bond donors (Lipinski definition) is 1. The predicted octanol–water partition coefficient (Wildman–Crippen LogP) is -0.999. The van der Waals surface area contributed by atoms with Gasteiger partial charge in [0.25, 0.3) is 0 Å². The molecule has 104 valence electrons. The van der Waals surface area contributed by atoms with Gasteiger partial charge in [-0.15, -0.1) is 0 Å². The number of aromatic nitrogens is 1. The Morgan fingerprint density at radius 2 is 2.16 bits per heavy atom. The van der Waals surface area contributed by atoms with E-state index in [1.807, 2.05) is 0 Å². The first-order valence-corrected chi connectivity index (χ1v) is 7.33. The zero-order valence-electron chi connectivity index (χ0n) is 10.2. The minimum absolute atomic E-state index is 0.191. The maximum atomic E-state index is 12.3. The van der Waals surface area contributed by atoms with Gasteiger partial charge in [0.2, 0.25) is 0 Å². The molecule has 7 nitrogen and oxygen atoms in total. The third kappa shape index (κ3) is 2.75. The number of Topliss-reactive ketones (excluding diaryl/α,β-unsaturated/α-hetero) is 1. The number of pyridine rings is 1. The van der Waals surface area contributed by atoms with E-state index in [-0.39, 0.29) is 28.6 Å². The molecule has 0 aliphatic carbocycles. The number of sulfonamides is 1. The smallest absolute Gasteiger partial charge is 0.323 e. The molecular weight excluding hydrogens is 270 g/mol. The van der Waals surface area contributed by atoms with Gasteiger partial charge in [0.05, 0.1) is 12.6 Å². The number of rotatable bonds is 2. The highest BCUT2D eigenvalue weighted by atomic mass is 32.2. The van der Waals surface area contributed by atoms with Crippen molar-refractivity contribution in [1.29, 1.82) is 0 Å². The molecule has 19 heavy (non-hydrogen) atoms. The molecule has 0 radical (unpaired) electrons. The van der Waals surface area contributed by atoms with Gasteiger partial charge in [0.1, 0.15) is 0 Å². The van der Waals surface area contributed by atoms with Gasteiger partial charge in [0, 0.05) is 18.7 Å². The molecule has 2 N–H and O–H groups in total. The monoisotopic (exact) mass is 285 g/mol. The van der Waals surface area contributed by atoms with Crippen LogP contribution in [0.2, 0.25) is 0 Å². The predicted molar refractivity (Wildman–Crippen MR) is 66.4 cm³/mol. The highest BCUT2D eigenvalue weighted by Crippen LogP contribution is 2.16. The molecule has 0 amide bonds. The van der Waals surface area contributed by atoms with Crippen LogP contribution in [0.3, 0.4) is 0 Å². The summed E-state index contributed by atoms with van der Waals surface area (Å²) in [5.41, 5.74) is 5.61. The Morgan fingerprint density at radius 1 is 1.42 bits per heavy atom. The molecule has 0 saturated carbocycles. The molecule has 1 fully saturated rings. The van der Waals surface area contributed by atoms with Crippen molar-refractivity contribution >= 4 is 15.8 Å². The summed E-state index contributed by atoms with van der Waals surface area (Å²) in [6.07, 6.45) is 2.06. The standard InChI is InChI=1S/C11H15N3O4S/c12-9-4-3-6-13(8-10(9)15)19(17,18)11-5-1-2-7-14(11)16/h1-2,5,7,9H,3-4,6,8,12H2. The van der Waals surface area contributed by atoms with Crippen LogP contribution in [0.15, 0.2) is 29.4 Å². The summed E-state index contributed by atoms with van der Waals surface area (Å²) in [5, 5.41) is 11.2. The molecule has 1 aliphatic rings. The van der Waals surface area contributed by atoms with E-state index >= 15 is 0 Å². The first-order chi connectivity index (χ1) is 8.93. The van der Waals surface area contributed by atoms with E-state index in [9.17, 15) is 18.4 Å². The lowest BCUT2D eigenvalue weighted by molar-refractivity contribution is -0.646. The summed E-state index contributed by atoms with van der Waals surface area (Å²) in [7, 11) is -3.96. The van der Waals surface area contributed by atoms with E-state index < -0.39 is 16.1 Å².